The predicted molar refractivity (Wildman–Crippen MR) is 83.4 cm³/mol. The van der Waals surface area contributed by atoms with Crippen molar-refractivity contribution in [2.24, 2.45) is 0 Å². The molecule has 3 rings (SSSR count). The van der Waals surface area contributed by atoms with Crippen molar-refractivity contribution in [3.05, 3.63) is 29.3 Å². The van der Waals surface area contributed by atoms with Gasteiger partial charge in [0.2, 0.25) is 11.0 Å². The Bertz CT molecular complexity index is 795. The Morgan fingerprint density at radius 2 is 1.91 bits per heavy atom. The normalized spacial score (nSPS) is 14.6. The van der Waals surface area contributed by atoms with Gasteiger partial charge in [0.05, 0.1) is 4.90 Å². The van der Waals surface area contributed by atoms with Crippen LogP contribution in [0.15, 0.2) is 29.2 Å². The minimum Gasteiger partial charge on any atom is -0.326 e. The van der Waals surface area contributed by atoms with Crippen molar-refractivity contribution in [2.45, 2.75) is 30.6 Å². The number of aromatic nitrogens is 2. The molecule has 1 aromatic carbocycles. The molecule has 0 bridgehead atoms. The molecule has 1 fully saturated rings. The number of rotatable bonds is 5. The third-order valence-corrected chi connectivity index (χ3v) is 5.56. The summed E-state index contributed by atoms with van der Waals surface area (Å²) in [5, 5.41) is 11.6. The van der Waals surface area contributed by atoms with E-state index in [2.05, 4.69) is 20.2 Å². The van der Waals surface area contributed by atoms with Gasteiger partial charge in [-0.3, -0.25) is 9.52 Å². The fraction of sp³-hybridized carbons (Fsp3) is 0.308. The molecule has 1 saturated carbocycles. The second-order valence-electron chi connectivity index (χ2n) is 5.03. The number of sulfonamides is 1. The Morgan fingerprint density at radius 1 is 1.23 bits per heavy atom. The van der Waals surface area contributed by atoms with E-state index in [1.54, 1.807) is 0 Å². The van der Waals surface area contributed by atoms with Crippen molar-refractivity contribution in [3.63, 3.8) is 0 Å². The van der Waals surface area contributed by atoms with Crippen LogP contribution in [0.5, 0.6) is 0 Å². The smallest absolute Gasteiger partial charge is 0.263 e. The van der Waals surface area contributed by atoms with Crippen molar-refractivity contribution >= 4 is 38.1 Å². The maximum Gasteiger partial charge on any atom is 0.263 e. The predicted octanol–water partition coefficient (Wildman–Crippen LogP) is 2.17. The Hall–Kier alpha value is -2.00. The average molecular weight is 338 g/mol. The van der Waals surface area contributed by atoms with Crippen LogP contribution in [0.25, 0.3) is 0 Å². The quantitative estimate of drug-likeness (QED) is 0.870. The molecule has 2 N–H and O–H groups in total. The lowest BCUT2D eigenvalue weighted by Crippen LogP contribution is -2.13. The van der Waals surface area contributed by atoms with Crippen LogP contribution in [0, 0.1) is 0 Å². The number of carbonyl (C=O) groups excluding carboxylic acids is 1. The van der Waals surface area contributed by atoms with E-state index in [9.17, 15) is 13.2 Å². The van der Waals surface area contributed by atoms with Crippen LogP contribution < -0.4 is 10.0 Å². The molecule has 1 amide bonds. The maximum atomic E-state index is 12.3. The number of nitrogens with zero attached hydrogens (tertiary/aromatic N) is 2. The third kappa shape index (κ3) is 3.42. The van der Waals surface area contributed by atoms with Crippen LogP contribution in [-0.4, -0.2) is 24.5 Å². The van der Waals surface area contributed by atoms with Crippen LogP contribution >= 0.6 is 11.3 Å². The monoisotopic (exact) mass is 338 g/mol. The Kier molecular flexibility index (Phi) is 3.83. The molecular formula is C13H14N4O3S2. The standard InChI is InChI=1S/C13H14N4O3S2/c1-8(18)14-10-4-6-11(7-5-10)22(19,20)17-13-16-15-12(21-13)9-2-3-9/h4-7,9H,2-3H2,1H3,(H,14,18)(H,16,17). The van der Waals surface area contributed by atoms with Crippen molar-refractivity contribution in [1.29, 1.82) is 0 Å². The van der Waals surface area contributed by atoms with Gasteiger partial charge >= 0.3 is 0 Å². The average Bonchev–Trinajstić information content (AvgIpc) is 3.20. The molecule has 0 aliphatic heterocycles. The SMILES string of the molecule is CC(=O)Nc1ccc(S(=O)(=O)Nc2nnc(C3CC3)s2)cc1. The molecule has 0 saturated heterocycles. The fourth-order valence-electron chi connectivity index (χ4n) is 1.87. The van der Waals surface area contributed by atoms with Gasteiger partial charge in [0.25, 0.3) is 10.0 Å². The zero-order chi connectivity index (χ0) is 15.7. The summed E-state index contributed by atoms with van der Waals surface area (Å²) in [6.45, 7) is 1.39. The summed E-state index contributed by atoms with van der Waals surface area (Å²) in [5.74, 6) is 0.225. The highest BCUT2D eigenvalue weighted by atomic mass is 32.2. The molecule has 0 radical (unpaired) electrons. The lowest BCUT2D eigenvalue weighted by molar-refractivity contribution is -0.114. The second-order valence-corrected chi connectivity index (χ2v) is 7.72. The van der Waals surface area contributed by atoms with Gasteiger partial charge < -0.3 is 5.32 Å². The Morgan fingerprint density at radius 3 is 2.50 bits per heavy atom. The molecule has 7 nitrogen and oxygen atoms in total. The minimum atomic E-state index is -3.71. The molecule has 22 heavy (non-hydrogen) atoms. The first-order valence-corrected chi connectivity index (χ1v) is 8.98. The van der Waals surface area contributed by atoms with Crippen molar-refractivity contribution in [3.8, 4) is 0 Å². The van der Waals surface area contributed by atoms with Gasteiger partial charge in [-0.05, 0) is 37.1 Å². The van der Waals surface area contributed by atoms with Crippen LogP contribution in [0.1, 0.15) is 30.7 Å². The lowest BCUT2D eigenvalue weighted by Gasteiger charge is -2.06. The highest BCUT2D eigenvalue weighted by Crippen LogP contribution is 2.42. The molecule has 0 spiro atoms. The lowest BCUT2D eigenvalue weighted by atomic mass is 10.3. The van der Waals surface area contributed by atoms with E-state index in [4.69, 9.17) is 0 Å². The topological polar surface area (TPSA) is 101 Å². The first-order chi connectivity index (χ1) is 10.4. The summed E-state index contributed by atoms with van der Waals surface area (Å²) in [5.41, 5.74) is 0.540. The highest BCUT2D eigenvalue weighted by Gasteiger charge is 2.28. The van der Waals surface area contributed by atoms with Crippen molar-refractivity contribution < 1.29 is 13.2 Å². The number of benzene rings is 1. The molecule has 1 aliphatic rings. The van der Waals surface area contributed by atoms with Crippen LogP contribution in [0.2, 0.25) is 0 Å². The van der Waals surface area contributed by atoms with Crippen LogP contribution in [0.4, 0.5) is 10.8 Å². The third-order valence-electron chi connectivity index (χ3n) is 3.07. The molecule has 1 aromatic heterocycles. The summed E-state index contributed by atoms with van der Waals surface area (Å²) in [4.78, 5) is 11.0. The zero-order valence-corrected chi connectivity index (χ0v) is 13.4. The summed E-state index contributed by atoms with van der Waals surface area (Å²) in [6.07, 6.45) is 2.18. The summed E-state index contributed by atoms with van der Waals surface area (Å²) in [7, 11) is -3.71. The van der Waals surface area contributed by atoms with Gasteiger partial charge in [-0.2, -0.15) is 0 Å². The summed E-state index contributed by atoms with van der Waals surface area (Å²) < 4.78 is 27.0. The van der Waals surface area contributed by atoms with Gasteiger partial charge in [-0.25, -0.2) is 8.42 Å². The van der Waals surface area contributed by atoms with Crippen molar-refractivity contribution in [2.75, 3.05) is 10.0 Å². The van der Waals surface area contributed by atoms with E-state index >= 15 is 0 Å². The largest absolute Gasteiger partial charge is 0.326 e. The molecule has 9 heteroatoms. The molecule has 0 atom stereocenters. The maximum absolute atomic E-state index is 12.3. The van der Waals surface area contributed by atoms with Gasteiger partial charge in [0.1, 0.15) is 5.01 Å². The van der Waals surface area contributed by atoms with Gasteiger partial charge in [-0.1, -0.05) is 11.3 Å². The zero-order valence-electron chi connectivity index (χ0n) is 11.7. The summed E-state index contributed by atoms with van der Waals surface area (Å²) >= 11 is 1.27. The van der Waals surface area contributed by atoms with E-state index in [1.807, 2.05) is 0 Å². The van der Waals surface area contributed by atoms with Crippen LogP contribution in [-0.2, 0) is 14.8 Å². The minimum absolute atomic E-state index is 0.102. The van der Waals surface area contributed by atoms with Gasteiger partial charge in [-0.15, -0.1) is 10.2 Å². The number of nitrogens with one attached hydrogen (secondary N) is 2. The van der Waals surface area contributed by atoms with E-state index in [1.165, 1.54) is 42.5 Å². The van der Waals surface area contributed by atoms with E-state index in [-0.39, 0.29) is 15.9 Å². The van der Waals surface area contributed by atoms with E-state index in [0.717, 1.165) is 17.8 Å². The molecule has 1 heterocycles. The van der Waals surface area contributed by atoms with Crippen molar-refractivity contribution in [1.82, 2.24) is 10.2 Å². The molecule has 0 unspecified atom stereocenters. The fourth-order valence-corrected chi connectivity index (χ4v) is 4.01. The van der Waals surface area contributed by atoms with Gasteiger partial charge in [0, 0.05) is 18.5 Å². The highest BCUT2D eigenvalue weighted by molar-refractivity contribution is 7.93. The number of anilines is 2. The number of hydrogen-bond donors (Lipinski definition) is 2. The van der Waals surface area contributed by atoms with E-state index < -0.39 is 10.0 Å². The Labute approximate surface area is 131 Å². The first kappa shape index (κ1) is 14.9. The molecular weight excluding hydrogens is 324 g/mol. The molecule has 2 aromatic rings. The number of carbonyl (C=O) groups is 1. The second kappa shape index (κ2) is 5.65. The van der Waals surface area contributed by atoms with Gasteiger partial charge in [0.15, 0.2) is 0 Å². The molecule has 116 valence electrons. The Balaban J connectivity index is 1.74. The molecule has 1 aliphatic carbocycles. The summed E-state index contributed by atoms with van der Waals surface area (Å²) in [6, 6.07) is 5.92. The first-order valence-electron chi connectivity index (χ1n) is 6.68. The van der Waals surface area contributed by atoms with E-state index in [0.29, 0.717) is 11.6 Å². The number of hydrogen-bond acceptors (Lipinski definition) is 6. The number of amides is 1. The van der Waals surface area contributed by atoms with Crippen LogP contribution in [0.3, 0.4) is 0 Å².